The van der Waals surface area contributed by atoms with Crippen LogP contribution in [0.5, 0.6) is 0 Å². The van der Waals surface area contributed by atoms with Crippen LogP contribution in [0, 0.1) is 51.8 Å². The average molecular weight is 1380 g/mol. The van der Waals surface area contributed by atoms with Gasteiger partial charge in [-0.2, -0.15) is 4.98 Å². The zero-order valence-corrected chi connectivity index (χ0v) is 57.5. The molecule has 91 heavy (non-hydrogen) atoms. The molecule has 502 valence electrons. The number of nitrogens with two attached hydrogens (primary N) is 2. The number of ether oxygens (including phenoxy) is 3. The molecule has 8 aliphatic rings. The Bertz CT molecular complexity index is 3300. The van der Waals surface area contributed by atoms with Crippen LogP contribution in [0.2, 0.25) is 0 Å². The third-order valence-corrected chi connectivity index (χ3v) is 26.6. The number of benzene rings is 1. The van der Waals surface area contributed by atoms with Crippen molar-refractivity contribution in [1.82, 2.24) is 29.7 Å². The monoisotopic (exact) mass is 1380 g/mol. The van der Waals surface area contributed by atoms with Crippen molar-refractivity contribution in [2.75, 3.05) is 51.2 Å². The molecule has 2 aromatic heterocycles. The summed E-state index contributed by atoms with van der Waals surface area (Å²) in [5.41, 5.74) is 13.5. The van der Waals surface area contributed by atoms with Gasteiger partial charge >= 0.3 is 32.4 Å². The summed E-state index contributed by atoms with van der Waals surface area (Å²) in [6.07, 6.45) is 11.1. The van der Waals surface area contributed by atoms with E-state index in [2.05, 4.69) is 58.6 Å². The fraction of sp³-hybridized carbons (Fsp3) is 0.733. The van der Waals surface area contributed by atoms with E-state index in [0.717, 1.165) is 48.9 Å². The van der Waals surface area contributed by atoms with Gasteiger partial charge in [0.1, 0.15) is 66.7 Å². The molecule has 11 rings (SSSR count). The lowest BCUT2D eigenvalue weighted by molar-refractivity contribution is -0.145. The van der Waals surface area contributed by atoms with Crippen LogP contribution < -0.4 is 33.1 Å². The van der Waals surface area contributed by atoms with Gasteiger partial charge < -0.3 is 74.6 Å². The number of nitrogens with one attached hydrogen (secondary N) is 3. The Morgan fingerprint density at radius 2 is 1.64 bits per heavy atom. The fourth-order valence-electron chi connectivity index (χ4n) is 17.7. The van der Waals surface area contributed by atoms with Gasteiger partial charge in [0.25, 0.3) is 0 Å². The molecule has 5 saturated carbocycles. The summed E-state index contributed by atoms with van der Waals surface area (Å²) >= 11 is 16.5. The van der Waals surface area contributed by atoms with E-state index in [4.69, 9.17) is 88.2 Å². The number of rotatable bonds is 25. The van der Waals surface area contributed by atoms with Crippen molar-refractivity contribution >= 4 is 85.5 Å². The van der Waals surface area contributed by atoms with Gasteiger partial charge in [-0.1, -0.05) is 64.4 Å². The highest BCUT2D eigenvalue weighted by molar-refractivity contribution is 8.07. The van der Waals surface area contributed by atoms with E-state index in [9.17, 15) is 29.3 Å². The molecule has 31 heteroatoms. The van der Waals surface area contributed by atoms with E-state index < -0.39 is 94.6 Å². The number of carbonyl (C=O) groups is 2. The van der Waals surface area contributed by atoms with Crippen molar-refractivity contribution in [1.29, 1.82) is 0 Å². The summed E-state index contributed by atoms with van der Waals surface area (Å²) in [4.78, 5) is 74.4. The lowest BCUT2D eigenvalue weighted by Gasteiger charge is -2.63. The molecule has 20 atom stereocenters. The van der Waals surface area contributed by atoms with Gasteiger partial charge in [-0.05, 0) is 164 Å². The van der Waals surface area contributed by atoms with Gasteiger partial charge in [0.15, 0.2) is 6.10 Å². The van der Waals surface area contributed by atoms with Crippen molar-refractivity contribution < 1.29 is 65.8 Å². The normalized spacial score (nSPS) is 34.7. The van der Waals surface area contributed by atoms with Gasteiger partial charge in [0, 0.05) is 39.1 Å². The third kappa shape index (κ3) is 14.8. The number of nitrogens with zero attached hydrogens (tertiary/aromatic N) is 5. The van der Waals surface area contributed by atoms with Gasteiger partial charge in [0.05, 0.1) is 38.3 Å². The molecule has 5 heterocycles. The highest BCUT2D eigenvalue weighted by Crippen LogP contribution is 2.75. The minimum atomic E-state index is -4.23. The largest absolute Gasteiger partial charge is 0.522 e. The second-order valence-electron chi connectivity index (χ2n) is 26.9. The van der Waals surface area contributed by atoms with Crippen LogP contribution in [-0.2, 0) is 81.6 Å². The predicted molar refractivity (Wildman–Crippen MR) is 350 cm³/mol. The van der Waals surface area contributed by atoms with Crippen molar-refractivity contribution in [3.05, 3.63) is 70.7 Å². The summed E-state index contributed by atoms with van der Waals surface area (Å²) in [6, 6.07) is 9.43. The van der Waals surface area contributed by atoms with Crippen molar-refractivity contribution in [3.63, 3.8) is 0 Å². The number of amides is 2. The Balaban J connectivity index is 0.684. The molecule has 14 unspecified atom stereocenters. The summed E-state index contributed by atoms with van der Waals surface area (Å²) in [6.45, 7) is 1.41. The van der Waals surface area contributed by atoms with E-state index in [1.165, 1.54) is 81.7 Å². The van der Waals surface area contributed by atoms with Crippen LogP contribution in [0.4, 0.5) is 16.4 Å². The van der Waals surface area contributed by atoms with Gasteiger partial charge in [-0.3, -0.25) is 13.9 Å². The second-order valence-corrected chi connectivity index (χ2v) is 34.4. The topological polar surface area (TPSA) is 331 Å². The van der Waals surface area contributed by atoms with E-state index in [1.807, 2.05) is 6.07 Å². The number of nitrogen functional groups attached to an aromatic ring is 1. The maximum absolute atomic E-state index is 13.7. The molecule has 0 radical (unpaired) electrons. The van der Waals surface area contributed by atoms with Crippen LogP contribution >= 0.6 is 20.6 Å². The molecule has 1 aromatic carbocycles. The van der Waals surface area contributed by atoms with Gasteiger partial charge in [-0.25, -0.2) is 19.6 Å². The van der Waals surface area contributed by atoms with E-state index in [-0.39, 0.29) is 68.2 Å². The SMILES string of the molecule is COP(O)(=S)OC[C@H]1O[C@@H](n2ccc(N)nc2=O)C[C@H]1OP(O)(=S)OC[C@H]1O[C@@H](n2cnc3c2NCN=C3N)C[C@H]1O[P+](=S)OC(c1ccccc1)C(CO)NC(=O)CCCNC(=O)OC1CCC2(C)C(CCC3C2CCC2(C)C3CCC23CCCC3C(C)C)C1. The molecular weight excluding hydrogens is 1290 g/mol. The minimum Gasteiger partial charge on any atom is -0.446 e. The molecule has 2 saturated heterocycles. The molecule has 2 amide bonds. The molecule has 3 aromatic rings. The van der Waals surface area contributed by atoms with Crippen molar-refractivity contribution in [3.8, 4) is 0 Å². The molecule has 10 N–H and O–H groups in total. The van der Waals surface area contributed by atoms with E-state index in [0.29, 0.717) is 40.2 Å². The molecule has 1 spiro atoms. The first kappa shape index (κ1) is 68.9. The molecule has 3 aliphatic heterocycles. The number of hydrogen-bond acceptors (Lipinski definition) is 22. The molecular formula is C60H90N10O15P3S3+. The van der Waals surface area contributed by atoms with E-state index >= 15 is 0 Å². The van der Waals surface area contributed by atoms with E-state index in [1.54, 1.807) is 35.2 Å². The smallest absolute Gasteiger partial charge is 0.446 e. The molecule has 5 aliphatic carbocycles. The molecule has 25 nitrogen and oxygen atoms in total. The number of carbonyl (C=O) groups excluding carboxylic acids is 2. The zero-order valence-electron chi connectivity index (χ0n) is 52.3. The fourth-order valence-corrected chi connectivity index (χ4v) is 21.3. The van der Waals surface area contributed by atoms with Crippen LogP contribution in [0.15, 0.2) is 58.7 Å². The number of aliphatic hydroxyl groups is 1. The summed E-state index contributed by atoms with van der Waals surface area (Å²) < 4.78 is 57.2. The number of aromatic nitrogens is 4. The van der Waals surface area contributed by atoms with Crippen LogP contribution in [-0.4, -0.2) is 129 Å². The standard InChI is InChI=1S/C60H89N10O15P3S3/c1-35(2)40-13-9-21-60(40)24-19-42-39-16-15-37-27-38(17-22-58(37,3)41(39)18-23-59(42,60)4)80-57(74)63-25-10-14-49(72)67-43(30-71)53(36-11-7-6-8-12-36)84-86(89)83-44-28-51(70-34-66-52-54(62)64-33-65-55(52)70)81-46(44)31-79-88(76,91)85-45-29-50(69-26-20-48(61)68-56(69)73)82-47(45)32-78-87(75,90)77-5/h6-8,11-12,20,26,34-35,37-47,50-51,53,71H,9-10,13-19,21-25,27-33H2,1-5H3,(H8-,61,62,63,64,65,67,68,72,73,74,75,76,90,91)/p+1/t37?,38?,39?,40?,41?,42?,43?,44-,45-,46-,47-,50-,51-,53?,58?,59?,60?,87?,88?/m1/s1. The Hall–Kier alpha value is -3.50. The number of imidazole rings is 1. The number of aliphatic hydroxyl groups excluding tert-OH is 1. The Morgan fingerprint density at radius 3 is 2.37 bits per heavy atom. The second kappa shape index (κ2) is 28.7. The van der Waals surface area contributed by atoms with Crippen molar-refractivity contribution in [2.45, 2.75) is 186 Å². The quantitative estimate of drug-likeness (QED) is 0.0290. The molecule has 7 fully saturated rings. The number of aliphatic imine (C=N–C) groups is 1. The summed E-state index contributed by atoms with van der Waals surface area (Å²) in [5, 5.41) is 19.9. The first-order chi connectivity index (χ1) is 43.4. The van der Waals surface area contributed by atoms with Crippen LogP contribution in [0.25, 0.3) is 0 Å². The number of amidine groups is 1. The van der Waals surface area contributed by atoms with Crippen LogP contribution in [0.1, 0.15) is 160 Å². The maximum Gasteiger partial charge on any atom is 0.522 e. The maximum atomic E-state index is 13.7. The number of anilines is 2. The summed E-state index contributed by atoms with van der Waals surface area (Å²) in [7, 11) is -1.08. The predicted octanol–water partition coefficient (Wildman–Crippen LogP) is 8.64. The highest BCUT2D eigenvalue weighted by Gasteiger charge is 2.67. The number of fused-ring (bicyclic) bond motifs is 7. The van der Waals surface area contributed by atoms with Crippen LogP contribution in [0.3, 0.4) is 0 Å². The lowest BCUT2D eigenvalue weighted by atomic mass is 9.42. The number of alkyl carbamates (subject to hydrolysis) is 1. The minimum absolute atomic E-state index is 0.00256. The Morgan fingerprint density at radius 1 is 0.912 bits per heavy atom. The van der Waals surface area contributed by atoms with Gasteiger partial charge in [0.2, 0.25) is 17.7 Å². The number of hydrogen-bond donors (Lipinski definition) is 8. The first-order valence-corrected chi connectivity index (χ1v) is 39.5. The first-order valence-electron chi connectivity index (χ1n) is 32.1. The van der Waals surface area contributed by atoms with Crippen molar-refractivity contribution in [2.24, 2.45) is 62.5 Å². The highest BCUT2D eigenvalue weighted by atomic mass is 32.5. The Labute approximate surface area is 548 Å². The summed E-state index contributed by atoms with van der Waals surface area (Å²) in [5.74, 6) is 4.91. The zero-order chi connectivity index (χ0) is 64.6. The Kier molecular flexibility index (Phi) is 21.7. The molecule has 0 bridgehead atoms. The third-order valence-electron chi connectivity index (χ3n) is 21.9. The van der Waals surface area contributed by atoms with Gasteiger partial charge in [-0.15, -0.1) is 9.05 Å². The average Bonchev–Trinajstić information content (AvgIpc) is 1.61. The lowest BCUT2D eigenvalue weighted by Crippen LogP contribution is -2.56.